The fourth-order valence-electron chi connectivity index (χ4n) is 0. The standard InChI is InChI=1S/Al.Mg.Mn.Sb.Zn.8H/q;+2;;;;;;;;;;2*-1. The minimum Gasteiger partial charge on any atom is 0 e. The molecule has 0 aliphatic rings. The van der Waals surface area contributed by atoms with Crippen LogP contribution in [0.1, 0.15) is 2.85 Å². The number of hydrogen-bond acceptors (Lipinski definition) is 0. The maximum Gasteiger partial charge on any atom is 0 e. The first kappa shape index (κ1) is 41.0. The molecule has 0 bridgehead atoms. The summed E-state index contributed by atoms with van der Waals surface area (Å²) in [6.07, 6.45) is 0. The molecule has 0 aliphatic heterocycles. The average molecular weight is 301 g/mol. The van der Waals surface area contributed by atoms with Gasteiger partial charge in [-0.3, -0.25) is 0 Å². The molecule has 0 unspecified atom stereocenters. The van der Waals surface area contributed by atoms with Crippen LogP contribution >= 0.6 is 0 Å². The summed E-state index contributed by atoms with van der Waals surface area (Å²) in [6.45, 7) is 0. The molecule has 0 aromatic rings. The van der Waals surface area contributed by atoms with Gasteiger partial charge in [0, 0.05) is 36.5 Å². The Bertz CT molecular complexity index is 17.7. The normalized spacial score (nSPS) is 0. The molecule has 0 aromatic carbocycles. The topological polar surface area (TPSA) is 0 Å². The Morgan fingerprint density at radius 3 is 1.20 bits per heavy atom. The summed E-state index contributed by atoms with van der Waals surface area (Å²) in [6, 6.07) is 0. The van der Waals surface area contributed by atoms with Gasteiger partial charge in [0.05, 0.1) is 0 Å². The zero-order valence-corrected chi connectivity index (χ0v) is 12.1. The summed E-state index contributed by atoms with van der Waals surface area (Å²) in [5.41, 5.74) is 0. The van der Waals surface area contributed by atoms with Crippen LogP contribution in [0.5, 0.6) is 0 Å². The van der Waals surface area contributed by atoms with Gasteiger partial charge in [-0.25, -0.2) is 0 Å². The second-order valence-electron chi connectivity index (χ2n) is 0. The maximum atomic E-state index is 0. The Balaban J connectivity index is 0. The van der Waals surface area contributed by atoms with Crippen molar-refractivity contribution in [2.75, 3.05) is 0 Å². The van der Waals surface area contributed by atoms with Crippen molar-refractivity contribution in [2.24, 2.45) is 0 Å². The predicted octanol–water partition coefficient (Wildman–Crippen LogP) is -2.53. The molecule has 27 valence electrons. The van der Waals surface area contributed by atoms with Crippen molar-refractivity contribution in [3.63, 3.8) is 0 Å². The van der Waals surface area contributed by atoms with Crippen LogP contribution < -0.4 is 0 Å². The van der Waals surface area contributed by atoms with Crippen molar-refractivity contribution in [2.45, 2.75) is 0 Å². The molecule has 5 heteroatoms. The van der Waals surface area contributed by atoms with Crippen LogP contribution in [0.4, 0.5) is 0 Å². The molecule has 0 saturated heterocycles. The van der Waals surface area contributed by atoms with Crippen LogP contribution in [0.15, 0.2) is 0 Å². The molecule has 0 saturated carbocycles. The minimum atomic E-state index is 0. The number of rotatable bonds is 0. The van der Waals surface area contributed by atoms with Gasteiger partial charge >= 0.3 is 47.5 Å². The molecule has 5 heavy (non-hydrogen) atoms. The van der Waals surface area contributed by atoms with Gasteiger partial charge in [-0.2, -0.15) is 0 Å². The largest absolute Gasteiger partial charge is 0 e. The summed E-state index contributed by atoms with van der Waals surface area (Å²) in [5.74, 6) is 0. The van der Waals surface area contributed by atoms with Gasteiger partial charge in [-0.05, 0) is 0 Å². The molecular weight excluding hydrogens is 293 g/mol. The summed E-state index contributed by atoms with van der Waals surface area (Å²) in [4.78, 5) is 0. The SMILES string of the molecule is [AlH3].[H-].[H-].[Mg+2].[Mn].[SbH3].[Zn]. The van der Waals surface area contributed by atoms with Crippen molar-refractivity contribution < 1.29 is 39.4 Å². The number of hydrogen-bond donors (Lipinski definition) is 0. The monoisotopic (exact) mass is 299 g/mol. The first-order chi connectivity index (χ1) is 0. The Morgan fingerprint density at radius 2 is 1.20 bits per heavy atom. The zero-order chi connectivity index (χ0) is 0. The van der Waals surface area contributed by atoms with Crippen molar-refractivity contribution in [1.82, 2.24) is 0 Å². The van der Waals surface area contributed by atoms with Gasteiger partial charge in [0.2, 0.25) is 0 Å². The van der Waals surface area contributed by atoms with Crippen molar-refractivity contribution in [3.05, 3.63) is 0 Å². The van der Waals surface area contributed by atoms with Crippen molar-refractivity contribution in [1.29, 1.82) is 0 Å². The Kier molecular flexibility index (Phi) is 219. The van der Waals surface area contributed by atoms with E-state index in [1.165, 1.54) is 0 Å². The van der Waals surface area contributed by atoms with Gasteiger partial charge in [0.1, 0.15) is 0 Å². The Morgan fingerprint density at radius 1 is 1.20 bits per heavy atom. The van der Waals surface area contributed by atoms with E-state index in [1.54, 1.807) is 0 Å². The van der Waals surface area contributed by atoms with Crippen LogP contribution in [-0.2, 0) is 36.5 Å². The minimum absolute atomic E-state index is 0. The van der Waals surface area contributed by atoms with Gasteiger partial charge in [0.15, 0.2) is 17.4 Å². The fourth-order valence-corrected chi connectivity index (χ4v) is 0. The second kappa shape index (κ2) is 26.8. The summed E-state index contributed by atoms with van der Waals surface area (Å²) >= 11 is 0. The quantitative estimate of drug-likeness (QED) is 0.433. The van der Waals surface area contributed by atoms with Crippen LogP contribution in [0.3, 0.4) is 0 Å². The molecule has 0 heterocycles. The third-order valence-electron chi connectivity index (χ3n) is 0. The first-order valence-electron chi connectivity index (χ1n) is 0. The third kappa shape index (κ3) is 18.9. The third-order valence-corrected chi connectivity index (χ3v) is 0. The Labute approximate surface area is 103 Å². The van der Waals surface area contributed by atoms with Crippen LogP contribution in [0.2, 0.25) is 0 Å². The molecule has 0 fully saturated rings. The van der Waals surface area contributed by atoms with E-state index in [2.05, 4.69) is 0 Å². The average Bonchev–Trinajstić information content (AvgIpc) is 0. The predicted molar refractivity (Wildman–Crippen MR) is 27.9 cm³/mol. The second-order valence-corrected chi connectivity index (χ2v) is 0. The van der Waals surface area contributed by atoms with E-state index >= 15 is 0 Å². The Hall–Kier alpha value is 3.26. The molecular formula is H8AlMgMnSbZn. The van der Waals surface area contributed by atoms with Gasteiger partial charge in [-0.15, -0.1) is 0 Å². The molecule has 0 aromatic heterocycles. The smallest absolute Gasteiger partial charge is 0 e. The molecule has 0 atom stereocenters. The van der Waals surface area contributed by atoms with Gasteiger partial charge < -0.3 is 2.85 Å². The fraction of sp³-hybridized carbons (Fsp3) is 0. The van der Waals surface area contributed by atoms with Gasteiger partial charge in [-0.1, -0.05) is 0 Å². The summed E-state index contributed by atoms with van der Waals surface area (Å²) < 4.78 is 0. The molecule has 1 radical (unpaired) electrons. The summed E-state index contributed by atoms with van der Waals surface area (Å²) in [7, 11) is 0. The maximum absolute atomic E-state index is 0. The molecule has 0 spiro atoms. The van der Waals surface area contributed by atoms with Crippen LogP contribution in [0, 0.1) is 0 Å². The molecule has 0 nitrogen and oxygen atoms in total. The van der Waals surface area contributed by atoms with E-state index < -0.39 is 0 Å². The van der Waals surface area contributed by atoms with Crippen LogP contribution in [-0.4, -0.2) is 64.8 Å². The van der Waals surface area contributed by atoms with E-state index in [-0.39, 0.29) is 104 Å². The van der Waals surface area contributed by atoms with Crippen molar-refractivity contribution >= 4 is 64.8 Å². The van der Waals surface area contributed by atoms with Gasteiger partial charge in [0.25, 0.3) is 0 Å². The summed E-state index contributed by atoms with van der Waals surface area (Å²) in [5, 5.41) is 0. The molecule has 0 amide bonds. The molecule has 0 N–H and O–H groups in total. The van der Waals surface area contributed by atoms with E-state index in [0.29, 0.717) is 0 Å². The zero-order valence-electron chi connectivity index (χ0n) is 4.50. The molecule has 0 rings (SSSR count). The molecule has 0 aliphatic carbocycles. The van der Waals surface area contributed by atoms with E-state index in [1.807, 2.05) is 0 Å². The van der Waals surface area contributed by atoms with Crippen LogP contribution in [0.25, 0.3) is 0 Å². The van der Waals surface area contributed by atoms with Crippen molar-refractivity contribution in [3.8, 4) is 0 Å². The van der Waals surface area contributed by atoms with E-state index in [9.17, 15) is 0 Å². The van der Waals surface area contributed by atoms with E-state index in [4.69, 9.17) is 0 Å². The first-order valence-corrected chi connectivity index (χ1v) is 0. The van der Waals surface area contributed by atoms with E-state index in [0.717, 1.165) is 0 Å².